The first-order valence-electron chi connectivity index (χ1n) is 7.20. The first kappa shape index (κ1) is 22.9. The minimum atomic E-state index is -3.21. The van der Waals surface area contributed by atoms with E-state index in [1.54, 1.807) is 27.8 Å². The summed E-state index contributed by atoms with van der Waals surface area (Å²) in [6.45, 7) is 6.36. The Morgan fingerprint density at radius 1 is 1.30 bits per heavy atom. The van der Waals surface area contributed by atoms with Gasteiger partial charge in [0.2, 0.25) is 10.0 Å². The summed E-state index contributed by atoms with van der Waals surface area (Å²) in [6.07, 6.45) is 0. The maximum absolute atomic E-state index is 12.0. The lowest BCUT2D eigenvalue weighted by atomic mass is 10.2. The van der Waals surface area contributed by atoms with Crippen molar-refractivity contribution in [1.82, 2.24) is 14.9 Å². The lowest BCUT2D eigenvalue weighted by Crippen LogP contribution is -2.57. The Morgan fingerprint density at radius 3 is 2.39 bits per heavy atom. The van der Waals surface area contributed by atoms with E-state index in [4.69, 9.17) is 0 Å². The molecule has 0 amide bonds. The van der Waals surface area contributed by atoms with Crippen LogP contribution in [0.1, 0.15) is 20.8 Å². The first-order chi connectivity index (χ1) is 10.0. The number of hydrogen-bond acceptors (Lipinski definition) is 5. The maximum Gasteiger partial charge on any atom is 0.211 e. The molecule has 11 heteroatoms. The molecule has 8 nitrogen and oxygen atoms in total. The molecule has 0 atom stereocenters. The highest BCUT2D eigenvalue weighted by molar-refractivity contribution is 14.0. The molecular weight excluding hydrogens is 455 g/mol. The Bertz CT molecular complexity index is 617. The van der Waals surface area contributed by atoms with Crippen LogP contribution in [0.15, 0.2) is 4.99 Å². The molecule has 0 spiro atoms. The molecule has 0 aromatic carbocycles. The molecule has 23 heavy (non-hydrogen) atoms. The summed E-state index contributed by atoms with van der Waals surface area (Å²) in [5.74, 6) is 0.710. The standard InChI is InChI=1S/C12H26N4O4S2.HI/c1-5-22(19,20)15-7-6-14-11(13-4)16-8-9-21(17,18)12(2,3)10-16;/h15H,5-10H2,1-4H3,(H,13,14);1H. The monoisotopic (exact) mass is 482 g/mol. The van der Waals surface area contributed by atoms with Crippen molar-refractivity contribution in [2.24, 2.45) is 4.99 Å². The summed E-state index contributed by atoms with van der Waals surface area (Å²) in [6, 6.07) is 0. The topological polar surface area (TPSA) is 108 Å². The predicted octanol–water partition coefficient (Wildman–Crippen LogP) is -0.372. The predicted molar refractivity (Wildman–Crippen MR) is 104 cm³/mol. The first-order valence-corrected chi connectivity index (χ1v) is 10.5. The van der Waals surface area contributed by atoms with Crippen molar-refractivity contribution in [3.63, 3.8) is 0 Å². The SMILES string of the molecule is CCS(=O)(=O)NCCNC(=NC)N1CCS(=O)(=O)C(C)(C)C1.I. The van der Waals surface area contributed by atoms with E-state index in [9.17, 15) is 16.8 Å². The Labute approximate surface area is 156 Å². The van der Waals surface area contributed by atoms with E-state index >= 15 is 0 Å². The molecule has 138 valence electrons. The number of aliphatic imine (C=N–C) groups is 1. The van der Waals surface area contributed by atoms with Gasteiger partial charge in [-0.15, -0.1) is 24.0 Å². The average Bonchev–Trinajstić information content (AvgIpc) is 2.42. The van der Waals surface area contributed by atoms with Gasteiger partial charge in [0.1, 0.15) is 0 Å². The van der Waals surface area contributed by atoms with Crippen LogP contribution in [0.5, 0.6) is 0 Å². The minimum absolute atomic E-state index is 0. The molecule has 1 heterocycles. The van der Waals surface area contributed by atoms with Crippen molar-refractivity contribution < 1.29 is 16.8 Å². The van der Waals surface area contributed by atoms with Gasteiger partial charge in [0.25, 0.3) is 0 Å². The van der Waals surface area contributed by atoms with Crippen molar-refractivity contribution in [2.45, 2.75) is 25.5 Å². The van der Waals surface area contributed by atoms with Crippen LogP contribution >= 0.6 is 24.0 Å². The number of nitrogens with zero attached hydrogens (tertiary/aromatic N) is 2. The van der Waals surface area contributed by atoms with E-state index in [0.29, 0.717) is 25.6 Å². The number of nitrogens with one attached hydrogen (secondary N) is 2. The van der Waals surface area contributed by atoms with Gasteiger partial charge in [0.05, 0.1) is 16.3 Å². The van der Waals surface area contributed by atoms with Crippen molar-refractivity contribution in [1.29, 1.82) is 0 Å². The minimum Gasteiger partial charge on any atom is -0.355 e. The molecule has 2 N–H and O–H groups in total. The van der Waals surface area contributed by atoms with Gasteiger partial charge < -0.3 is 10.2 Å². The molecule has 0 unspecified atom stereocenters. The van der Waals surface area contributed by atoms with Crippen molar-refractivity contribution in [3.8, 4) is 0 Å². The van der Waals surface area contributed by atoms with Crippen molar-refractivity contribution in [2.75, 3.05) is 44.7 Å². The zero-order chi connectivity index (χ0) is 17.0. The fourth-order valence-electron chi connectivity index (χ4n) is 2.14. The van der Waals surface area contributed by atoms with Crippen LogP contribution < -0.4 is 10.0 Å². The van der Waals surface area contributed by atoms with Crippen molar-refractivity contribution >= 4 is 49.8 Å². The molecule has 1 rings (SSSR count). The normalized spacial score (nSPS) is 20.7. The second-order valence-corrected chi connectivity index (χ2v) is 10.6. The van der Waals surface area contributed by atoms with Gasteiger partial charge >= 0.3 is 0 Å². The van der Waals surface area contributed by atoms with E-state index < -0.39 is 24.6 Å². The van der Waals surface area contributed by atoms with Crippen LogP contribution in [0.4, 0.5) is 0 Å². The Kier molecular flexibility index (Phi) is 8.76. The summed E-state index contributed by atoms with van der Waals surface area (Å²) in [5, 5.41) is 3.06. The van der Waals surface area contributed by atoms with E-state index in [2.05, 4.69) is 15.0 Å². The number of sulfone groups is 1. The average molecular weight is 482 g/mol. The Balaban J connectivity index is 0.00000484. The van der Waals surface area contributed by atoms with Crippen LogP contribution in [0.25, 0.3) is 0 Å². The molecule has 0 bridgehead atoms. The summed E-state index contributed by atoms with van der Waals surface area (Å²) < 4.78 is 48.3. The molecule has 1 fully saturated rings. The molecule has 0 aromatic rings. The highest BCUT2D eigenvalue weighted by Gasteiger charge is 2.40. The quantitative estimate of drug-likeness (QED) is 0.240. The van der Waals surface area contributed by atoms with Gasteiger partial charge in [0.15, 0.2) is 15.8 Å². The zero-order valence-electron chi connectivity index (χ0n) is 14.0. The third-order valence-electron chi connectivity index (χ3n) is 3.66. The summed E-state index contributed by atoms with van der Waals surface area (Å²) in [4.78, 5) is 6.02. The number of sulfonamides is 1. The largest absolute Gasteiger partial charge is 0.355 e. The highest BCUT2D eigenvalue weighted by Crippen LogP contribution is 2.23. The molecule has 1 aliphatic heterocycles. The third-order valence-corrected chi connectivity index (χ3v) is 7.60. The molecule has 0 aliphatic carbocycles. The van der Waals surface area contributed by atoms with Gasteiger partial charge in [-0.3, -0.25) is 4.99 Å². The van der Waals surface area contributed by atoms with Gasteiger partial charge in [-0.25, -0.2) is 21.6 Å². The van der Waals surface area contributed by atoms with E-state index in [0.717, 1.165) is 0 Å². The smallest absolute Gasteiger partial charge is 0.211 e. The van der Waals surface area contributed by atoms with E-state index in [1.807, 2.05) is 4.90 Å². The number of guanidine groups is 1. The summed E-state index contributed by atoms with van der Waals surface area (Å²) >= 11 is 0. The van der Waals surface area contributed by atoms with Gasteiger partial charge in [-0.2, -0.15) is 0 Å². The molecular formula is C12H27IN4O4S2. The van der Waals surface area contributed by atoms with E-state index in [1.165, 1.54) is 0 Å². The molecule has 1 aliphatic rings. The van der Waals surface area contributed by atoms with E-state index in [-0.39, 0.29) is 42.0 Å². The number of rotatable bonds is 5. The fourth-order valence-corrected chi connectivity index (χ4v) is 4.12. The number of hydrogen-bond donors (Lipinski definition) is 2. The molecule has 0 saturated carbocycles. The second kappa shape index (κ2) is 8.81. The fraction of sp³-hybridized carbons (Fsp3) is 0.917. The van der Waals surface area contributed by atoms with Gasteiger partial charge in [-0.05, 0) is 20.8 Å². The third kappa shape index (κ3) is 6.35. The summed E-state index contributed by atoms with van der Waals surface area (Å²) in [7, 11) is -4.69. The van der Waals surface area contributed by atoms with Crippen LogP contribution in [0.3, 0.4) is 0 Å². The lowest BCUT2D eigenvalue weighted by molar-refractivity contribution is 0.353. The second-order valence-electron chi connectivity index (χ2n) is 5.77. The number of halogens is 1. The van der Waals surface area contributed by atoms with Crippen LogP contribution in [-0.2, 0) is 19.9 Å². The molecule has 1 saturated heterocycles. The Hall–Kier alpha value is -0.140. The zero-order valence-corrected chi connectivity index (χ0v) is 18.0. The van der Waals surface area contributed by atoms with Gasteiger partial charge in [0, 0.05) is 33.2 Å². The molecule has 0 radical (unpaired) electrons. The van der Waals surface area contributed by atoms with Crippen molar-refractivity contribution in [3.05, 3.63) is 0 Å². The highest BCUT2D eigenvalue weighted by atomic mass is 127. The van der Waals surface area contributed by atoms with Gasteiger partial charge in [-0.1, -0.05) is 0 Å². The Morgan fingerprint density at radius 2 is 1.91 bits per heavy atom. The maximum atomic E-state index is 12.0. The molecule has 0 aromatic heterocycles. The summed E-state index contributed by atoms with van der Waals surface area (Å²) in [5.41, 5.74) is 0. The van der Waals surface area contributed by atoms with Crippen LogP contribution in [-0.4, -0.2) is 77.2 Å². The van der Waals surface area contributed by atoms with Crippen LogP contribution in [0, 0.1) is 0 Å². The lowest BCUT2D eigenvalue weighted by Gasteiger charge is -2.39. The van der Waals surface area contributed by atoms with Crippen LogP contribution in [0.2, 0.25) is 0 Å².